The predicted molar refractivity (Wildman–Crippen MR) is 121 cm³/mol. The van der Waals surface area contributed by atoms with Crippen molar-refractivity contribution in [2.24, 2.45) is 5.73 Å². The van der Waals surface area contributed by atoms with Crippen molar-refractivity contribution in [1.82, 2.24) is 10.2 Å². The number of rotatable bonds is 8. The van der Waals surface area contributed by atoms with Crippen LogP contribution in [0.3, 0.4) is 0 Å². The minimum Gasteiger partial charge on any atom is -0.611 e. The molecule has 0 saturated carbocycles. The van der Waals surface area contributed by atoms with Gasteiger partial charge >= 0.3 is 6.36 Å². The SMILES string of the molecule is CC[S+]([O-])c1ccc(Cl)cc1CNC(=O)c1ccc(CN2CC[C@H](N)C2)c(OC(F)(F)F)c1. The number of carbonyl (C=O) groups is 1. The van der Waals surface area contributed by atoms with Crippen LogP contribution in [0.5, 0.6) is 5.75 Å². The van der Waals surface area contributed by atoms with E-state index in [2.05, 4.69) is 10.1 Å². The molecule has 0 spiro atoms. The van der Waals surface area contributed by atoms with Crippen molar-refractivity contribution in [1.29, 1.82) is 0 Å². The largest absolute Gasteiger partial charge is 0.611 e. The summed E-state index contributed by atoms with van der Waals surface area (Å²) in [4.78, 5) is 15.2. The Bertz CT molecular complexity index is 993. The van der Waals surface area contributed by atoms with Crippen LogP contribution in [0.15, 0.2) is 41.3 Å². The summed E-state index contributed by atoms with van der Waals surface area (Å²) in [6, 6.07) is 8.83. The van der Waals surface area contributed by atoms with E-state index in [9.17, 15) is 22.5 Å². The van der Waals surface area contributed by atoms with E-state index in [1.165, 1.54) is 12.1 Å². The molecule has 0 aliphatic carbocycles. The summed E-state index contributed by atoms with van der Waals surface area (Å²) in [5.41, 5.74) is 6.78. The van der Waals surface area contributed by atoms with Gasteiger partial charge in [-0.05, 0) is 54.9 Å². The standard InChI is InChI=1S/C22H25ClF3N3O3S/c1-2-33(31)20-6-5-17(23)9-16(20)11-28-21(30)14-3-4-15(12-29-8-7-18(27)13-29)19(10-14)32-22(24,25)26/h3-6,9-10,18H,2,7-8,11-13,27H2,1H3,(H,28,30)/t18-,33?/m0/s1. The molecule has 33 heavy (non-hydrogen) atoms. The molecule has 3 rings (SSSR count). The van der Waals surface area contributed by atoms with Crippen LogP contribution in [0.4, 0.5) is 13.2 Å². The summed E-state index contributed by atoms with van der Waals surface area (Å²) in [5, 5.41) is 3.07. The molecule has 2 atom stereocenters. The average molecular weight is 504 g/mol. The number of hydrogen-bond acceptors (Lipinski definition) is 5. The Morgan fingerprint density at radius 1 is 1.30 bits per heavy atom. The maximum absolute atomic E-state index is 13.0. The third-order valence-corrected chi connectivity index (χ3v) is 6.88. The molecule has 1 amide bonds. The van der Waals surface area contributed by atoms with E-state index in [1.54, 1.807) is 25.1 Å². The van der Waals surface area contributed by atoms with Gasteiger partial charge in [-0.15, -0.1) is 13.2 Å². The quantitative estimate of drug-likeness (QED) is 0.534. The van der Waals surface area contributed by atoms with Gasteiger partial charge in [0.2, 0.25) is 0 Å². The van der Waals surface area contributed by atoms with E-state index >= 15 is 0 Å². The van der Waals surface area contributed by atoms with E-state index in [0.717, 1.165) is 12.5 Å². The zero-order valence-corrected chi connectivity index (χ0v) is 19.5. The molecule has 11 heteroatoms. The maximum Gasteiger partial charge on any atom is 0.573 e. The van der Waals surface area contributed by atoms with Gasteiger partial charge < -0.3 is 20.3 Å². The summed E-state index contributed by atoms with van der Waals surface area (Å²) in [5.74, 6) is -0.625. The Morgan fingerprint density at radius 2 is 2.06 bits per heavy atom. The Labute approximate surface area is 198 Å². The smallest absolute Gasteiger partial charge is 0.573 e. The summed E-state index contributed by atoms with van der Waals surface area (Å²) in [6.45, 7) is 3.27. The van der Waals surface area contributed by atoms with Gasteiger partial charge in [0.1, 0.15) is 11.5 Å². The van der Waals surface area contributed by atoms with Crippen molar-refractivity contribution in [3.8, 4) is 5.75 Å². The zero-order chi connectivity index (χ0) is 24.2. The molecule has 1 heterocycles. The van der Waals surface area contributed by atoms with Crippen LogP contribution in [-0.4, -0.2) is 46.6 Å². The van der Waals surface area contributed by atoms with Gasteiger partial charge in [-0.1, -0.05) is 17.7 Å². The number of nitrogens with two attached hydrogens (primary N) is 1. The molecule has 0 radical (unpaired) electrons. The van der Waals surface area contributed by atoms with E-state index in [4.69, 9.17) is 17.3 Å². The monoisotopic (exact) mass is 503 g/mol. The molecule has 0 bridgehead atoms. The van der Waals surface area contributed by atoms with Crippen LogP contribution in [0.2, 0.25) is 5.02 Å². The van der Waals surface area contributed by atoms with Crippen molar-refractivity contribution in [2.45, 2.75) is 43.7 Å². The number of nitrogens with zero attached hydrogens (tertiary/aromatic N) is 1. The van der Waals surface area contributed by atoms with Gasteiger partial charge in [-0.3, -0.25) is 9.69 Å². The number of hydrogen-bond donors (Lipinski definition) is 2. The van der Waals surface area contributed by atoms with Crippen molar-refractivity contribution in [3.63, 3.8) is 0 Å². The highest BCUT2D eigenvalue weighted by Gasteiger charge is 2.33. The van der Waals surface area contributed by atoms with E-state index in [1.807, 2.05) is 4.90 Å². The lowest BCUT2D eigenvalue weighted by molar-refractivity contribution is -0.275. The molecule has 3 N–H and O–H groups in total. The number of benzene rings is 2. The summed E-state index contributed by atoms with van der Waals surface area (Å²) >= 11 is 4.77. The number of ether oxygens (including phenoxy) is 1. The molecular weight excluding hydrogens is 479 g/mol. The van der Waals surface area contributed by atoms with Gasteiger partial charge in [-0.25, -0.2) is 0 Å². The Hall–Kier alpha value is -1.98. The lowest BCUT2D eigenvalue weighted by Gasteiger charge is -2.19. The molecule has 0 aromatic heterocycles. The lowest BCUT2D eigenvalue weighted by atomic mass is 10.1. The van der Waals surface area contributed by atoms with Gasteiger partial charge in [0.25, 0.3) is 5.91 Å². The average Bonchev–Trinajstić information content (AvgIpc) is 3.16. The molecule has 1 aliphatic heterocycles. The highest BCUT2D eigenvalue weighted by molar-refractivity contribution is 7.91. The topological polar surface area (TPSA) is 90.7 Å². The van der Waals surface area contributed by atoms with E-state index in [-0.39, 0.29) is 24.7 Å². The second-order valence-corrected chi connectivity index (χ2v) is 9.87. The Morgan fingerprint density at radius 3 is 2.70 bits per heavy atom. The van der Waals surface area contributed by atoms with E-state index in [0.29, 0.717) is 39.9 Å². The van der Waals surface area contributed by atoms with E-state index < -0.39 is 29.2 Å². The minimum atomic E-state index is -4.90. The van der Waals surface area contributed by atoms with Gasteiger partial charge in [-0.2, -0.15) is 0 Å². The van der Waals surface area contributed by atoms with Gasteiger partial charge in [0, 0.05) is 53.9 Å². The summed E-state index contributed by atoms with van der Waals surface area (Å²) in [6.07, 6.45) is -4.13. The summed E-state index contributed by atoms with van der Waals surface area (Å²) in [7, 11) is 0. The van der Waals surface area contributed by atoms with Crippen LogP contribution in [0.25, 0.3) is 0 Å². The molecule has 1 saturated heterocycles. The fourth-order valence-corrected chi connectivity index (χ4v) is 4.78. The zero-order valence-electron chi connectivity index (χ0n) is 18.0. The first-order chi connectivity index (χ1) is 15.6. The van der Waals surface area contributed by atoms with Crippen molar-refractivity contribution >= 4 is 28.7 Å². The van der Waals surface area contributed by atoms with Crippen molar-refractivity contribution in [2.75, 3.05) is 18.8 Å². The highest BCUT2D eigenvalue weighted by Crippen LogP contribution is 2.29. The number of halogens is 4. The second-order valence-electron chi connectivity index (χ2n) is 7.72. The second kappa shape index (κ2) is 11.0. The normalized spacial score (nSPS) is 17.7. The molecule has 180 valence electrons. The Kier molecular flexibility index (Phi) is 8.52. The fourth-order valence-electron chi connectivity index (χ4n) is 3.63. The lowest BCUT2D eigenvalue weighted by Crippen LogP contribution is -2.27. The van der Waals surface area contributed by atoms with Crippen LogP contribution in [0, 0.1) is 0 Å². The first kappa shape index (κ1) is 25.6. The number of alkyl halides is 3. The third kappa shape index (κ3) is 7.25. The molecule has 2 aromatic carbocycles. The maximum atomic E-state index is 13.0. The van der Waals surface area contributed by atoms with Crippen LogP contribution in [0.1, 0.15) is 34.8 Å². The predicted octanol–water partition coefficient (Wildman–Crippen LogP) is 3.83. The first-order valence-electron chi connectivity index (χ1n) is 10.4. The number of amides is 1. The molecule has 2 aromatic rings. The summed E-state index contributed by atoms with van der Waals surface area (Å²) < 4.78 is 55.4. The minimum absolute atomic E-state index is 0.0105. The molecule has 1 fully saturated rings. The third-order valence-electron chi connectivity index (χ3n) is 5.23. The molecule has 1 aliphatic rings. The molecule has 1 unspecified atom stereocenters. The van der Waals surface area contributed by atoms with Gasteiger partial charge in [0.05, 0.1) is 0 Å². The van der Waals surface area contributed by atoms with Crippen LogP contribution < -0.4 is 15.8 Å². The van der Waals surface area contributed by atoms with Crippen molar-refractivity contribution in [3.05, 3.63) is 58.1 Å². The number of carbonyl (C=O) groups excluding carboxylic acids is 1. The van der Waals surface area contributed by atoms with Gasteiger partial charge in [0.15, 0.2) is 4.90 Å². The molecular formula is C22H25ClF3N3O3S. The van der Waals surface area contributed by atoms with Crippen LogP contribution >= 0.6 is 11.6 Å². The Balaban J connectivity index is 1.77. The highest BCUT2D eigenvalue weighted by atomic mass is 35.5. The van der Waals surface area contributed by atoms with Crippen molar-refractivity contribution < 1.29 is 27.3 Å². The first-order valence-corrected chi connectivity index (χ1v) is 12.1. The molecule has 6 nitrogen and oxygen atoms in total. The number of nitrogens with one attached hydrogen (secondary N) is 1. The number of likely N-dealkylation sites (tertiary alicyclic amines) is 1. The van der Waals surface area contributed by atoms with Crippen LogP contribution in [-0.2, 0) is 24.3 Å². The fraction of sp³-hybridized carbons (Fsp3) is 0.409.